The average Bonchev–Trinajstić information content (AvgIpc) is 3.30. The normalized spacial score (nSPS) is 14.3. The van der Waals surface area contributed by atoms with E-state index in [0.717, 1.165) is 38.1 Å². The number of aliphatic hydroxyl groups is 1. The number of nitrogens with one attached hydrogen (secondary N) is 1. The van der Waals surface area contributed by atoms with Gasteiger partial charge in [-0.05, 0) is 31.0 Å². The minimum absolute atomic E-state index is 0.0578. The second-order valence-corrected chi connectivity index (χ2v) is 10.4. The summed E-state index contributed by atoms with van der Waals surface area (Å²) in [6.45, 7) is 1.91. The number of alkyl halides is 3. The largest absolute Gasteiger partial charge is 0.493 e. The molecule has 15 heteroatoms. The summed E-state index contributed by atoms with van der Waals surface area (Å²) in [7, 11) is 3.10. The maximum atomic E-state index is 14.5. The molecule has 1 fully saturated rings. The van der Waals surface area contributed by atoms with E-state index in [4.69, 9.17) is 14.6 Å². The highest BCUT2D eigenvalue weighted by molar-refractivity contribution is 6.12. The van der Waals surface area contributed by atoms with Gasteiger partial charge in [-0.25, -0.2) is 13.6 Å². The fourth-order valence-electron chi connectivity index (χ4n) is 5.47. The lowest BCUT2D eigenvalue weighted by atomic mass is 10.0. The molecule has 1 amide bonds. The average molecular weight is 639 g/mol. The van der Waals surface area contributed by atoms with Crippen molar-refractivity contribution in [2.24, 2.45) is 7.05 Å². The molecule has 5 rings (SSSR count). The highest BCUT2D eigenvalue weighted by Gasteiger charge is 2.38. The number of halogens is 5. The molecule has 3 N–H and O–H groups in total. The number of para-hydroxylation sites is 1. The van der Waals surface area contributed by atoms with E-state index < -0.39 is 29.3 Å². The molecule has 0 radical (unpaired) electrons. The summed E-state index contributed by atoms with van der Waals surface area (Å²) in [6.07, 6.45) is -3.61. The maximum Gasteiger partial charge on any atom is 0.490 e. The number of piperidine rings is 1. The Bertz CT molecular complexity index is 1760. The van der Waals surface area contributed by atoms with Gasteiger partial charge in [-0.1, -0.05) is 24.3 Å². The number of aliphatic hydroxyl groups excluding tert-OH is 1. The van der Waals surface area contributed by atoms with Crippen molar-refractivity contribution in [3.63, 3.8) is 0 Å². The Kier molecular flexibility index (Phi) is 10.1. The van der Waals surface area contributed by atoms with E-state index in [0.29, 0.717) is 23.0 Å². The molecular weight excluding hydrogens is 607 g/mol. The number of amides is 1. The molecule has 0 spiro atoms. The Morgan fingerprint density at radius 2 is 1.64 bits per heavy atom. The van der Waals surface area contributed by atoms with E-state index in [-0.39, 0.29) is 47.5 Å². The molecule has 0 bridgehead atoms. The molecule has 0 saturated carbocycles. The number of nitrogens with zero attached hydrogens (tertiary/aromatic N) is 3. The van der Waals surface area contributed by atoms with Crippen molar-refractivity contribution in [2.45, 2.75) is 31.6 Å². The number of carbonyl (C=O) groups is 2. The molecule has 2 aromatic carbocycles. The Morgan fingerprint density at radius 3 is 2.20 bits per heavy atom. The molecular formula is C30H31F5N4O6. The molecule has 0 atom stereocenters. The number of pyridine rings is 1. The van der Waals surface area contributed by atoms with Crippen LogP contribution in [0.3, 0.4) is 0 Å². The van der Waals surface area contributed by atoms with E-state index in [1.165, 1.54) is 17.7 Å². The van der Waals surface area contributed by atoms with Crippen LogP contribution >= 0.6 is 0 Å². The van der Waals surface area contributed by atoms with Crippen LogP contribution < -0.4 is 15.6 Å². The first-order valence-electron chi connectivity index (χ1n) is 13.8. The van der Waals surface area contributed by atoms with Gasteiger partial charge in [0.05, 0.1) is 31.3 Å². The van der Waals surface area contributed by atoms with Gasteiger partial charge in [0.15, 0.2) is 11.4 Å². The number of hydrogen-bond donors (Lipinski definition) is 3. The van der Waals surface area contributed by atoms with Crippen LogP contribution in [0.5, 0.6) is 5.75 Å². The van der Waals surface area contributed by atoms with Crippen LogP contribution in [-0.4, -0.2) is 81.7 Å². The van der Waals surface area contributed by atoms with Crippen molar-refractivity contribution >= 4 is 33.7 Å². The van der Waals surface area contributed by atoms with E-state index in [1.807, 2.05) is 6.07 Å². The maximum absolute atomic E-state index is 14.5. The minimum atomic E-state index is -5.08. The molecule has 3 heterocycles. The number of rotatable bonds is 7. The number of aliphatic carboxylic acids is 1. The molecule has 45 heavy (non-hydrogen) atoms. The quantitative estimate of drug-likeness (QED) is 0.264. The van der Waals surface area contributed by atoms with Crippen molar-refractivity contribution in [1.29, 1.82) is 0 Å². The Morgan fingerprint density at radius 1 is 1.04 bits per heavy atom. The molecule has 242 valence electrons. The summed E-state index contributed by atoms with van der Waals surface area (Å²) in [5.41, 5.74) is 0.469. The predicted octanol–water partition coefficient (Wildman–Crippen LogP) is 3.65. The van der Waals surface area contributed by atoms with Crippen LogP contribution in [0.1, 0.15) is 28.9 Å². The second kappa shape index (κ2) is 13.6. The summed E-state index contributed by atoms with van der Waals surface area (Å²) < 4.78 is 69.4. The third-order valence-corrected chi connectivity index (χ3v) is 7.64. The number of methoxy groups -OCH3 is 1. The first kappa shape index (κ1) is 33.4. The van der Waals surface area contributed by atoms with Gasteiger partial charge in [0.1, 0.15) is 17.0 Å². The number of aryl methyl sites for hydroxylation is 1. The van der Waals surface area contributed by atoms with Crippen molar-refractivity contribution in [3.05, 3.63) is 75.7 Å². The summed E-state index contributed by atoms with van der Waals surface area (Å²) in [4.78, 5) is 38.5. The summed E-state index contributed by atoms with van der Waals surface area (Å²) in [6, 6.07) is 10.6. The lowest BCUT2D eigenvalue weighted by molar-refractivity contribution is -0.192. The van der Waals surface area contributed by atoms with Crippen LogP contribution in [0.2, 0.25) is 0 Å². The van der Waals surface area contributed by atoms with Crippen molar-refractivity contribution < 1.29 is 46.5 Å². The number of carboxylic acids is 1. The number of fused-ring (bicyclic) bond motifs is 3. The van der Waals surface area contributed by atoms with Crippen molar-refractivity contribution in [3.8, 4) is 5.75 Å². The smallest absolute Gasteiger partial charge is 0.490 e. The number of aromatic nitrogens is 2. The summed E-state index contributed by atoms with van der Waals surface area (Å²) >= 11 is 0. The van der Waals surface area contributed by atoms with Gasteiger partial charge in [0.25, 0.3) is 11.5 Å². The van der Waals surface area contributed by atoms with E-state index in [2.05, 4.69) is 10.2 Å². The number of β-amino-alcohol motifs (C(OH)–C–C–N with tert-alkyl or cyclic N) is 1. The second-order valence-electron chi connectivity index (χ2n) is 10.4. The van der Waals surface area contributed by atoms with E-state index >= 15 is 0 Å². The molecule has 4 aromatic rings. The highest BCUT2D eigenvalue weighted by Crippen LogP contribution is 2.35. The van der Waals surface area contributed by atoms with Crippen molar-refractivity contribution in [2.75, 3.05) is 33.4 Å². The van der Waals surface area contributed by atoms with Crippen LogP contribution in [0.15, 0.2) is 47.3 Å². The number of carbonyl (C=O) groups excluding carboxylic acids is 1. The summed E-state index contributed by atoms with van der Waals surface area (Å²) in [5.74, 6) is -4.49. The van der Waals surface area contributed by atoms with E-state index in [1.54, 1.807) is 29.8 Å². The number of hydrogen-bond acceptors (Lipinski definition) is 6. The van der Waals surface area contributed by atoms with Gasteiger partial charge in [-0.3, -0.25) is 9.59 Å². The zero-order chi connectivity index (χ0) is 33.1. The van der Waals surface area contributed by atoms with Crippen LogP contribution in [0.4, 0.5) is 22.0 Å². The van der Waals surface area contributed by atoms with Gasteiger partial charge in [-0.2, -0.15) is 13.2 Å². The fraction of sp³-hybridized carbons (Fsp3) is 0.367. The standard InChI is InChI=1S/C28H30F2N4O4.C2HF3O2/c1-32-24-18-6-3-4-9-22(18)34(16-19-20(29)7-5-8-21(19)30)28(37)23(24)26(38-2)25(32)27(36)31-17-10-12-33(13-11-17)14-15-35;3-2(4,5)1(6)7/h3-9,17,35H,10-16H2,1-2H3,(H,31,36);(H,6,7). The Labute approximate surface area is 253 Å². The van der Waals surface area contributed by atoms with Crippen LogP contribution in [0, 0.1) is 11.6 Å². The molecule has 2 aromatic heterocycles. The van der Waals surface area contributed by atoms with E-state index in [9.17, 15) is 36.6 Å². The SMILES string of the molecule is COc1c(C(=O)NC2CCN(CCO)CC2)n(C)c2c1c(=O)n(Cc1c(F)cccc1F)c1ccccc21.O=C(O)C(F)(F)F. The molecule has 10 nitrogen and oxygen atoms in total. The monoisotopic (exact) mass is 638 g/mol. The molecule has 0 aliphatic carbocycles. The first-order valence-corrected chi connectivity index (χ1v) is 13.8. The van der Waals surface area contributed by atoms with Crippen LogP contribution in [-0.2, 0) is 18.4 Å². The Balaban J connectivity index is 0.000000591. The predicted molar refractivity (Wildman–Crippen MR) is 154 cm³/mol. The van der Waals surface area contributed by atoms with Gasteiger partial charge >= 0.3 is 12.1 Å². The van der Waals surface area contributed by atoms with Gasteiger partial charge < -0.3 is 34.3 Å². The highest BCUT2D eigenvalue weighted by atomic mass is 19.4. The summed E-state index contributed by atoms with van der Waals surface area (Å²) in [5, 5.41) is 20.2. The first-order chi connectivity index (χ1) is 21.3. The third-order valence-electron chi connectivity index (χ3n) is 7.64. The van der Waals surface area contributed by atoms with Crippen LogP contribution in [0.25, 0.3) is 21.8 Å². The zero-order valence-corrected chi connectivity index (χ0v) is 24.3. The lowest BCUT2D eigenvalue weighted by Crippen LogP contribution is -2.45. The Hall–Kier alpha value is -4.50. The minimum Gasteiger partial charge on any atom is -0.493 e. The number of ether oxygens (including phenoxy) is 1. The number of benzene rings is 2. The topological polar surface area (TPSA) is 126 Å². The fourth-order valence-corrected chi connectivity index (χ4v) is 5.47. The number of carboxylic acid groups (broad SMARTS) is 1. The zero-order valence-electron chi connectivity index (χ0n) is 24.3. The van der Waals surface area contributed by atoms with Gasteiger partial charge in [0, 0.05) is 43.7 Å². The van der Waals surface area contributed by atoms with Crippen molar-refractivity contribution in [1.82, 2.24) is 19.4 Å². The molecule has 1 saturated heterocycles. The number of likely N-dealkylation sites (tertiary alicyclic amines) is 1. The lowest BCUT2D eigenvalue weighted by Gasteiger charge is -2.31. The molecule has 1 aliphatic rings. The molecule has 0 unspecified atom stereocenters. The molecule has 1 aliphatic heterocycles. The van der Waals surface area contributed by atoms with Gasteiger partial charge in [0.2, 0.25) is 0 Å². The third kappa shape index (κ3) is 6.93. The van der Waals surface area contributed by atoms with Gasteiger partial charge in [-0.15, -0.1) is 0 Å².